The summed E-state index contributed by atoms with van der Waals surface area (Å²) in [5, 5.41) is 3.39. The molecule has 3 N–H and O–H groups in total. The summed E-state index contributed by atoms with van der Waals surface area (Å²) < 4.78 is 5.35. The van der Waals surface area contributed by atoms with Crippen LogP contribution in [0.25, 0.3) is 0 Å². The van der Waals surface area contributed by atoms with E-state index in [2.05, 4.69) is 5.32 Å². The standard InChI is InChI=1S/C13H19ClN2O2/c1-4-13(2,3)16-12(17)8-18-11-7-9(14)5-6-10(11)15/h5-7H,4,8,15H2,1-3H3,(H,16,17). The monoisotopic (exact) mass is 270 g/mol. The molecular weight excluding hydrogens is 252 g/mol. The molecular formula is C13H19ClN2O2. The lowest BCUT2D eigenvalue weighted by molar-refractivity contribution is -0.124. The Hall–Kier alpha value is -1.42. The molecule has 0 fully saturated rings. The zero-order valence-electron chi connectivity index (χ0n) is 10.9. The zero-order chi connectivity index (χ0) is 13.8. The molecule has 0 aliphatic rings. The van der Waals surface area contributed by atoms with Gasteiger partial charge >= 0.3 is 0 Å². The van der Waals surface area contributed by atoms with Gasteiger partial charge in [0, 0.05) is 16.6 Å². The smallest absolute Gasteiger partial charge is 0.258 e. The molecule has 0 saturated carbocycles. The Balaban J connectivity index is 2.55. The highest BCUT2D eigenvalue weighted by atomic mass is 35.5. The van der Waals surface area contributed by atoms with E-state index < -0.39 is 0 Å². The van der Waals surface area contributed by atoms with E-state index >= 15 is 0 Å². The molecule has 0 aliphatic heterocycles. The highest BCUT2D eigenvalue weighted by Crippen LogP contribution is 2.25. The summed E-state index contributed by atoms with van der Waals surface area (Å²) in [5.74, 6) is 0.244. The van der Waals surface area contributed by atoms with Gasteiger partial charge in [-0.25, -0.2) is 0 Å². The van der Waals surface area contributed by atoms with Crippen molar-refractivity contribution < 1.29 is 9.53 Å². The van der Waals surface area contributed by atoms with Crippen LogP contribution >= 0.6 is 11.6 Å². The van der Waals surface area contributed by atoms with Crippen molar-refractivity contribution in [2.75, 3.05) is 12.3 Å². The van der Waals surface area contributed by atoms with E-state index in [1.165, 1.54) is 0 Å². The van der Waals surface area contributed by atoms with Crippen molar-refractivity contribution in [2.24, 2.45) is 0 Å². The van der Waals surface area contributed by atoms with Crippen molar-refractivity contribution in [1.29, 1.82) is 0 Å². The number of carbonyl (C=O) groups is 1. The lowest BCUT2D eigenvalue weighted by atomic mass is 10.0. The number of rotatable bonds is 5. The van der Waals surface area contributed by atoms with E-state index in [1.54, 1.807) is 18.2 Å². The Morgan fingerprint density at radius 3 is 2.78 bits per heavy atom. The van der Waals surface area contributed by atoms with E-state index in [1.807, 2.05) is 20.8 Å². The Morgan fingerprint density at radius 1 is 1.50 bits per heavy atom. The summed E-state index contributed by atoms with van der Waals surface area (Å²) in [5.41, 5.74) is 5.94. The lowest BCUT2D eigenvalue weighted by Crippen LogP contribution is -2.44. The first kappa shape index (κ1) is 14.6. The molecule has 0 bridgehead atoms. The van der Waals surface area contributed by atoms with Crippen LogP contribution in [-0.2, 0) is 4.79 Å². The molecule has 0 aromatic heterocycles. The average molecular weight is 271 g/mol. The summed E-state index contributed by atoms with van der Waals surface area (Å²) >= 11 is 5.82. The van der Waals surface area contributed by atoms with E-state index in [-0.39, 0.29) is 18.1 Å². The van der Waals surface area contributed by atoms with Gasteiger partial charge in [-0.2, -0.15) is 0 Å². The van der Waals surface area contributed by atoms with E-state index in [0.29, 0.717) is 16.5 Å². The lowest BCUT2D eigenvalue weighted by Gasteiger charge is -2.24. The van der Waals surface area contributed by atoms with Crippen molar-refractivity contribution in [2.45, 2.75) is 32.7 Å². The van der Waals surface area contributed by atoms with Gasteiger partial charge in [0.2, 0.25) is 0 Å². The normalized spacial score (nSPS) is 11.1. The number of hydrogen-bond donors (Lipinski definition) is 2. The van der Waals surface area contributed by atoms with Gasteiger partial charge < -0.3 is 15.8 Å². The Bertz CT molecular complexity index is 433. The van der Waals surface area contributed by atoms with Gasteiger partial charge in [-0.3, -0.25) is 4.79 Å². The maximum absolute atomic E-state index is 11.7. The van der Waals surface area contributed by atoms with Crippen molar-refractivity contribution in [3.05, 3.63) is 23.2 Å². The van der Waals surface area contributed by atoms with Gasteiger partial charge in [0.25, 0.3) is 5.91 Å². The van der Waals surface area contributed by atoms with Gasteiger partial charge in [-0.1, -0.05) is 18.5 Å². The Labute approximate surface area is 112 Å². The van der Waals surface area contributed by atoms with Crippen LogP contribution in [0.4, 0.5) is 5.69 Å². The van der Waals surface area contributed by atoms with Crippen LogP contribution in [0.15, 0.2) is 18.2 Å². The first-order valence-corrected chi connectivity index (χ1v) is 6.20. The fraction of sp³-hybridized carbons (Fsp3) is 0.462. The summed E-state index contributed by atoms with van der Waals surface area (Å²) in [4.78, 5) is 11.7. The van der Waals surface area contributed by atoms with Crippen LogP contribution in [0, 0.1) is 0 Å². The fourth-order valence-corrected chi connectivity index (χ4v) is 1.44. The predicted octanol–water partition coefficient (Wildman–Crippen LogP) is 2.61. The van der Waals surface area contributed by atoms with Crippen LogP contribution in [0.3, 0.4) is 0 Å². The van der Waals surface area contributed by atoms with Crippen LogP contribution < -0.4 is 15.8 Å². The van der Waals surface area contributed by atoms with Gasteiger partial charge in [-0.15, -0.1) is 0 Å². The molecule has 0 aliphatic carbocycles. The molecule has 1 amide bonds. The number of amides is 1. The van der Waals surface area contributed by atoms with Crippen LogP contribution in [-0.4, -0.2) is 18.1 Å². The topological polar surface area (TPSA) is 64.3 Å². The Kier molecular flexibility index (Phi) is 4.84. The zero-order valence-corrected chi connectivity index (χ0v) is 11.7. The van der Waals surface area contributed by atoms with E-state index in [4.69, 9.17) is 22.1 Å². The van der Waals surface area contributed by atoms with Crippen LogP contribution in [0.2, 0.25) is 5.02 Å². The SMILES string of the molecule is CCC(C)(C)NC(=O)COc1cc(Cl)ccc1N. The number of benzene rings is 1. The molecule has 0 saturated heterocycles. The maximum Gasteiger partial charge on any atom is 0.258 e. The minimum Gasteiger partial charge on any atom is -0.482 e. The van der Waals surface area contributed by atoms with Crippen molar-refractivity contribution in [3.63, 3.8) is 0 Å². The molecule has 0 radical (unpaired) electrons. The molecule has 0 unspecified atom stereocenters. The molecule has 4 nitrogen and oxygen atoms in total. The number of anilines is 1. The van der Waals surface area contributed by atoms with Crippen LogP contribution in [0.1, 0.15) is 27.2 Å². The first-order chi connectivity index (χ1) is 8.34. The van der Waals surface area contributed by atoms with Gasteiger partial charge in [-0.05, 0) is 32.4 Å². The number of nitrogens with one attached hydrogen (secondary N) is 1. The molecule has 0 spiro atoms. The third-order valence-electron chi connectivity index (χ3n) is 2.70. The number of nitrogen functional groups attached to an aromatic ring is 1. The average Bonchev–Trinajstić information content (AvgIpc) is 2.30. The highest BCUT2D eigenvalue weighted by molar-refractivity contribution is 6.30. The fourth-order valence-electron chi connectivity index (χ4n) is 1.28. The van der Waals surface area contributed by atoms with Gasteiger partial charge in [0.05, 0.1) is 5.69 Å². The van der Waals surface area contributed by atoms with Crippen LogP contribution in [0.5, 0.6) is 5.75 Å². The number of carbonyl (C=O) groups excluding carboxylic acids is 1. The summed E-state index contributed by atoms with van der Waals surface area (Å²) in [6.07, 6.45) is 0.845. The van der Waals surface area contributed by atoms with Gasteiger partial charge in [0.1, 0.15) is 5.75 Å². The highest BCUT2D eigenvalue weighted by Gasteiger charge is 2.18. The molecule has 18 heavy (non-hydrogen) atoms. The molecule has 0 atom stereocenters. The van der Waals surface area contributed by atoms with E-state index in [9.17, 15) is 4.79 Å². The number of nitrogens with two attached hydrogens (primary N) is 1. The van der Waals surface area contributed by atoms with Crippen molar-refractivity contribution >= 4 is 23.2 Å². The second-order valence-electron chi connectivity index (χ2n) is 4.76. The van der Waals surface area contributed by atoms with Crippen molar-refractivity contribution in [3.8, 4) is 5.75 Å². The summed E-state index contributed by atoms with van der Waals surface area (Å²) in [7, 11) is 0. The van der Waals surface area contributed by atoms with Gasteiger partial charge in [0.15, 0.2) is 6.61 Å². The van der Waals surface area contributed by atoms with Crippen molar-refractivity contribution in [1.82, 2.24) is 5.32 Å². The second-order valence-corrected chi connectivity index (χ2v) is 5.19. The van der Waals surface area contributed by atoms with E-state index in [0.717, 1.165) is 6.42 Å². The molecule has 1 aromatic rings. The third-order valence-corrected chi connectivity index (χ3v) is 2.93. The number of halogens is 1. The molecule has 5 heteroatoms. The summed E-state index contributed by atoms with van der Waals surface area (Å²) in [6, 6.07) is 4.91. The number of hydrogen-bond acceptors (Lipinski definition) is 3. The second kappa shape index (κ2) is 5.96. The molecule has 100 valence electrons. The minimum absolute atomic E-state index is 0.0754. The minimum atomic E-state index is -0.236. The maximum atomic E-state index is 11.7. The largest absolute Gasteiger partial charge is 0.482 e. The molecule has 0 heterocycles. The summed E-state index contributed by atoms with van der Waals surface area (Å²) in [6.45, 7) is 5.85. The number of ether oxygens (including phenoxy) is 1. The molecule has 1 rings (SSSR count). The third kappa shape index (κ3) is 4.45. The molecule has 1 aromatic carbocycles. The predicted molar refractivity (Wildman–Crippen MR) is 73.9 cm³/mol. The quantitative estimate of drug-likeness (QED) is 0.809. The first-order valence-electron chi connectivity index (χ1n) is 5.83. The Morgan fingerprint density at radius 2 is 2.17 bits per heavy atom.